The third kappa shape index (κ3) is 4.54. The van der Waals surface area contributed by atoms with Crippen LogP contribution in [0, 0.1) is 5.92 Å². The molecule has 1 heterocycles. The molecular weight excluding hydrogens is 248 g/mol. The molecule has 2 rings (SSSR count). The monoisotopic (exact) mass is 266 g/mol. The van der Waals surface area contributed by atoms with E-state index in [0.29, 0.717) is 19.0 Å². The van der Waals surface area contributed by atoms with Gasteiger partial charge in [0.2, 0.25) is 0 Å². The Morgan fingerprint density at radius 2 is 2.16 bits per heavy atom. The summed E-state index contributed by atoms with van der Waals surface area (Å²) in [4.78, 5) is 11.5. The van der Waals surface area contributed by atoms with Crippen molar-refractivity contribution in [3.63, 3.8) is 0 Å². The number of para-hydroxylation sites is 1. The molecule has 0 saturated carbocycles. The Labute approximate surface area is 112 Å². The predicted molar refractivity (Wildman–Crippen MR) is 67.9 cm³/mol. The summed E-state index contributed by atoms with van der Waals surface area (Å²) in [6.07, 6.45) is -0.123. The van der Waals surface area contributed by atoms with Gasteiger partial charge < -0.3 is 18.9 Å². The van der Waals surface area contributed by atoms with Gasteiger partial charge in [-0.05, 0) is 19.1 Å². The first kappa shape index (κ1) is 13.8. The number of carbonyl (C=O) groups is 1. The number of rotatable bonds is 5. The van der Waals surface area contributed by atoms with E-state index in [0.717, 1.165) is 6.42 Å². The van der Waals surface area contributed by atoms with Gasteiger partial charge in [-0.1, -0.05) is 18.2 Å². The molecule has 19 heavy (non-hydrogen) atoms. The normalized spacial score (nSPS) is 22.2. The number of ether oxygens (including phenoxy) is 4. The van der Waals surface area contributed by atoms with Crippen molar-refractivity contribution >= 4 is 6.16 Å². The third-order valence-electron chi connectivity index (χ3n) is 2.78. The molecule has 0 N–H and O–H groups in total. The largest absolute Gasteiger partial charge is 0.513 e. The van der Waals surface area contributed by atoms with Crippen molar-refractivity contribution in [1.29, 1.82) is 0 Å². The standard InChI is InChI=1S/C14H18O5/c1-2-16-13-8-11(9-17-13)10-18-14(15)19-12-6-4-3-5-7-12/h3-7,11,13H,2,8-10H2,1H3/t11-,13-/m0/s1. The van der Waals surface area contributed by atoms with E-state index in [1.807, 2.05) is 13.0 Å². The summed E-state index contributed by atoms with van der Waals surface area (Å²) in [6.45, 7) is 3.37. The Morgan fingerprint density at radius 3 is 2.89 bits per heavy atom. The summed E-state index contributed by atoms with van der Waals surface area (Å²) in [7, 11) is 0. The molecule has 1 aromatic carbocycles. The highest BCUT2D eigenvalue weighted by atomic mass is 16.7. The lowest BCUT2D eigenvalue weighted by atomic mass is 10.1. The second-order valence-corrected chi connectivity index (χ2v) is 4.30. The van der Waals surface area contributed by atoms with Gasteiger partial charge in [0.05, 0.1) is 6.61 Å². The van der Waals surface area contributed by atoms with Gasteiger partial charge in [-0.2, -0.15) is 0 Å². The summed E-state index contributed by atoms with van der Waals surface area (Å²) >= 11 is 0. The Hall–Kier alpha value is -1.59. The predicted octanol–water partition coefficient (Wildman–Crippen LogP) is 2.60. The Balaban J connectivity index is 1.67. The van der Waals surface area contributed by atoms with Crippen LogP contribution in [-0.4, -0.2) is 32.3 Å². The lowest BCUT2D eigenvalue weighted by Crippen LogP contribution is -2.17. The number of carbonyl (C=O) groups excluding carboxylic acids is 1. The smallest absolute Gasteiger partial charge is 0.434 e. The van der Waals surface area contributed by atoms with Crippen molar-refractivity contribution in [2.75, 3.05) is 19.8 Å². The van der Waals surface area contributed by atoms with Gasteiger partial charge >= 0.3 is 6.16 Å². The minimum absolute atomic E-state index is 0.167. The molecule has 5 heteroatoms. The van der Waals surface area contributed by atoms with Gasteiger partial charge in [-0.3, -0.25) is 0 Å². The van der Waals surface area contributed by atoms with Crippen molar-refractivity contribution in [3.05, 3.63) is 30.3 Å². The molecule has 2 atom stereocenters. The van der Waals surface area contributed by atoms with E-state index in [2.05, 4.69) is 0 Å². The quantitative estimate of drug-likeness (QED) is 0.605. The van der Waals surface area contributed by atoms with Crippen molar-refractivity contribution in [2.24, 2.45) is 5.92 Å². The molecular formula is C14H18O5. The fourth-order valence-electron chi connectivity index (χ4n) is 1.87. The van der Waals surface area contributed by atoms with Gasteiger partial charge in [-0.15, -0.1) is 0 Å². The molecule has 104 valence electrons. The van der Waals surface area contributed by atoms with Crippen molar-refractivity contribution in [3.8, 4) is 5.75 Å². The SMILES string of the molecule is CCO[C@@H]1C[C@H](COC(=O)Oc2ccccc2)CO1. The summed E-state index contributed by atoms with van der Waals surface area (Å²) in [5.74, 6) is 0.641. The van der Waals surface area contributed by atoms with E-state index >= 15 is 0 Å². The molecule has 1 aromatic rings. The van der Waals surface area contributed by atoms with E-state index in [9.17, 15) is 4.79 Å². The van der Waals surface area contributed by atoms with Crippen molar-refractivity contribution in [1.82, 2.24) is 0 Å². The second-order valence-electron chi connectivity index (χ2n) is 4.30. The number of hydrogen-bond donors (Lipinski definition) is 0. The maximum absolute atomic E-state index is 11.5. The third-order valence-corrected chi connectivity index (χ3v) is 2.78. The first-order valence-electron chi connectivity index (χ1n) is 6.40. The van der Waals surface area contributed by atoms with E-state index in [-0.39, 0.29) is 18.8 Å². The molecule has 0 aliphatic carbocycles. The first-order chi connectivity index (χ1) is 9.28. The van der Waals surface area contributed by atoms with Crippen LogP contribution in [0.1, 0.15) is 13.3 Å². The summed E-state index contributed by atoms with van der Waals surface area (Å²) in [5.41, 5.74) is 0. The topological polar surface area (TPSA) is 54.0 Å². The zero-order valence-electron chi connectivity index (χ0n) is 10.9. The highest BCUT2D eigenvalue weighted by Gasteiger charge is 2.27. The van der Waals surface area contributed by atoms with Crippen LogP contribution < -0.4 is 4.74 Å². The summed E-state index contributed by atoms with van der Waals surface area (Å²) < 4.78 is 20.8. The minimum Gasteiger partial charge on any atom is -0.434 e. The van der Waals surface area contributed by atoms with E-state index in [1.165, 1.54) is 0 Å². The molecule has 0 unspecified atom stereocenters. The molecule has 0 amide bonds. The summed E-state index contributed by atoms with van der Waals surface area (Å²) in [5, 5.41) is 0. The van der Waals surface area contributed by atoms with Gasteiger partial charge in [-0.25, -0.2) is 4.79 Å². The lowest BCUT2D eigenvalue weighted by molar-refractivity contribution is -0.106. The molecule has 1 aliphatic heterocycles. The molecule has 0 aromatic heterocycles. The van der Waals surface area contributed by atoms with Gasteiger partial charge in [0.1, 0.15) is 12.4 Å². The fourth-order valence-corrected chi connectivity index (χ4v) is 1.87. The van der Waals surface area contributed by atoms with Crippen LogP contribution in [-0.2, 0) is 14.2 Å². The lowest BCUT2D eigenvalue weighted by Gasteiger charge is -2.10. The zero-order chi connectivity index (χ0) is 13.5. The van der Waals surface area contributed by atoms with Crippen molar-refractivity contribution in [2.45, 2.75) is 19.6 Å². The van der Waals surface area contributed by atoms with Crippen LogP contribution >= 0.6 is 0 Å². The van der Waals surface area contributed by atoms with Crippen LogP contribution in [0.3, 0.4) is 0 Å². The molecule has 1 saturated heterocycles. The highest BCUT2D eigenvalue weighted by Crippen LogP contribution is 2.21. The first-order valence-corrected chi connectivity index (χ1v) is 6.40. The number of hydrogen-bond acceptors (Lipinski definition) is 5. The Bertz CT molecular complexity index is 392. The van der Waals surface area contributed by atoms with E-state index in [1.54, 1.807) is 24.3 Å². The van der Waals surface area contributed by atoms with Crippen LogP contribution in [0.2, 0.25) is 0 Å². The average molecular weight is 266 g/mol. The van der Waals surface area contributed by atoms with E-state index < -0.39 is 6.16 Å². The molecule has 5 nitrogen and oxygen atoms in total. The Kier molecular flexibility index (Phi) is 5.18. The molecule has 1 fully saturated rings. The zero-order valence-corrected chi connectivity index (χ0v) is 10.9. The van der Waals surface area contributed by atoms with Crippen LogP contribution in [0.5, 0.6) is 5.75 Å². The van der Waals surface area contributed by atoms with Gasteiger partial charge in [0.25, 0.3) is 0 Å². The molecule has 0 spiro atoms. The second kappa shape index (κ2) is 7.11. The minimum atomic E-state index is -0.689. The van der Waals surface area contributed by atoms with Gasteiger partial charge in [0.15, 0.2) is 6.29 Å². The summed E-state index contributed by atoms with van der Waals surface area (Å²) in [6, 6.07) is 8.83. The Morgan fingerprint density at radius 1 is 1.37 bits per heavy atom. The van der Waals surface area contributed by atoms with Crippen molar-refractivity contribution < 1.29 is 23.7 Å². The average Bonchev–Trinajstić information content (AvgIpc) is 2.86. The molecule has 0 bridgehead atoms. The number of benzene rings is 1. The van der Waals surface area contributed by atoms with E-state index in [4.69, 9.17) is 18.9 Å². The maximum atomic E-state index is 11.5. The van der Waals surface area contributed by atoms with Crippen LogP contribution in [0.25, 0.3) is 0 Å². The molecule has 1 aliphatic rings. The molecule has 0 radical (unpaired) electrons. The fraction of sp³-hybridized carbons (Fsp3) is 0.500. The van der Waals surface area contributed by atoms with Crippen LogP contribution in [0.15, 0.2) is 30.3 Å². The highest BCUT2D eigenvalue weighted by molar-refractivity contribution is 5.63. The maximum Gasteiger partial charge on any atom is 0.513 e. The van der Waals surface area contributed by atoms with Crippen LogP contribution in [0.4, 0.5) is 4.79 Å². The van der Waals surface area contributed by atoms with Gasteiger partial charge in [0, 0.05) is 18.9 Å².